The number of carbonyl (C=O) groups is 1. The van der Waals surface area contributed by atoms with E-state index in [9.17, 15) is 18.0 Å². The normalized spacial score (nSPS) is 11.2. The largest absolute Gasteiger partial charge is 0.497 e. The molecule has 0 aliphatic heterocycles. The predicted molar refractivity (Wildman–Crippen MR) is 68.8 cm³/mol. The number of ether oxygens (including phenoxy) is 1. The van der Waals surface area contributed by atoms with Crippen LogP contribution in [0.5, 0.6) is 5.75 Å². The van der Waals surface area contributed by atoms with E-state index in [-0.39, 0.29) is 5.56 Å². The van der Waals surface area contributed by atoms with Crippen molar-refractivity contribution in [2.75, 3.05) is 7.11 Å². The summed E-state index contributed by atoms with van der Waals surface area (Å²) in [7, 11) is 1.50. The summed E-state index contributed by atoms with van der Waals surface area (Å²) >= 11 is 0. The molecule has 0 aliphatic carbocycles. The van der Waals surface area contributed by atoms with Crippen molar-refractivity contribution in [1.29, 1.82) is 0 Å². The molecule has 0 spiro atoms. The Balaban J connectivity index is 2.52. The van der Waals surface area contributed by atoms with Crippen molar-refractivity contribution >= 4 is 6.29 Å². The minimum absolute atomic E-state index is 0.00866. The van der Waals surface area contributed by atoms with Crippen LogP contribution in [0.25, 0.3) is 11.1 Å². The van der Waals surface area contributed by atoms with Gasteiger partial charge in [0.2, 0.25) is 0 Å². The Morgan fingerprint density at radius 1 is 1.00 bits per heavy atom. The van der Waals surface area contributed by atoms with Gasteiger partial charge in [0.1, 0.15) is 12.0 Å². The van der Waals surface area contributed by atoms with Gasteiger partial charge in [0, 0.05) is 5.56 Å². The molecule has 0 fully saturated rings. The molecule has 0 radical (unpaired) electrons. The Kier molecular flexibility index (Phi) is 3.79. The smallest absolute Gasteiger partial charge is 0.416 e. The average Bonchev–Trinajstić information content (AvgIpc) is 2.46. The van der Waals surface area contributed by atoms with Crippen molar-refractivity contribution in [3.05, 3.63) is 53.6 Å². The summed E-state index contributed by atoms with van der Waals surface area (Å²) in [5.41, 5.74) is 0.0724. The standard InChI is InChI=1S/C15H11F3O2/c1-20-14-4-2-11(3-5-14)12-6-10(9-19)7-13(8-12)15(16,17)18/h2-9H,1H3. The third-order valence-electron chi connectivity index (χ3n) is 2.84. The van der Waals surface area contributed by atoms with E-state index in [1.807, 2.05) is 0 Å². The Labute approximate surface area is 113 Å². The van der Waals surface area contributed by atoms with Crippen molar-refractivity contribution in [2.45, 2.75) is 6.18 Å². The molecule has 20 heavy (non-hydrogen) atoms. The lowest BCUT2D eigenvalue weighted by atomic mass is 10.00. The summed E-state index contributed by atoms with van der Waals surface area (Å²) in [5.74, 6) is 0.608. The number of carbonyl (C=O) groups excluding carboxylic acids is 1. The molecule has 0 heterocycles. The van der Waals surface area contributed by atoms with E-state index in [2.05, 4.69) is 0 Å². The lowest BCUT2D eigenvalue weighted by Crippen LogP contribution is -2.06. The van der Waals surface area contributed by atoms with E-state index in [1.165, 1.54) is 13.2 Å². The number of hydrogen-bond donors (Lipinski definition) is 0. The Morgan fingerprint density at radius 3 is 2.15 bits per heavy atom. The van der Waals surface area contributed by atoms with E-state index in [0.717, 1.165) is 12.1 Å². The molecule has 2 nitrogen and oxygen atoms in total. The highest BCUT2D eigenvalue weighted by Gasteiger charge is 2.31. The van der Waals surface area contributed by atoms with Crippen LogP contribution in [0, 0.1) is 0 Å². The first-order valence-corrected chi connectivity index (χ1v) is 5.76. The Bertz CT molecular complexity index is 616. The fraction of sp³-hybridized carbons (Fsp3) is 0.133. The molecule has 0 N–H and O–H groups in total. The lowest BCUT2D eigenvalue weighted by Gasteiger charge is -2.10. The molecular weight excluding hydrogens is 269 g/mol. The highest BCUT2D eigenvalue weighted by Crippen LogP contribution is 2.33. The van der Waals surface area contributed by atoms with Crippen molar-refractivity contribution < 1.29 is 22.7 Å². The van der Waals surface area contributed by atoms with Gasteiger partial charge in [-0.25, -0.2) is 0 Å². The van der Waals surface area contributed by atoms with Gasteiger partial charge in [-0.1, -0.05) is 12.1 Å². The van der Waals surface area contributed by atoms with Gasteiger partial charge in [0.25, 0.3) is 0 Å². The summed E-state index contributed by atoms with van der Waals surface area (Å²) in [4.78, 5) is 10.8. The van der Waals surface area contributed by atoms with Gasteiger partial charge in [-0.2, -0.15) is 13.2 Å². The molecule has 5 heteroatoms. The zero-order chi connectivity index (χ0) is 14.8. The molecule has 0 bridgehead atoms. The number of aldehydes is 1. The molecule has 0 unspecified atom stereocenters. The molecule has 2 rings (SSSR count). The molecule has 2 aromatic rings. The molecule has 0 aromatic heterocycles. The van der Waals surface area contributed by atoms with Crippen LogP contribution < -0.4 is 4.74 Å². The van der Waals surface area contributed by atoms with Crippen LogP contribution in [0.2, 0.25) is 0 Å². The molecule has 0 atom stereocenters. The minimum atomic E-state index is -4.49. The summed E-state index contributed by atoms with van der Waals surface area (Å²) in [6.45, 7) is 0. The first-order chi connectivity index (χ1) is 9.44. The van der Waals surface area contributed by atoms with E-state index in [0.29, 0.717) is 23.2 Å². The van der Waals surface area contributed by atoms with Crippen LogP contribution in [-0.4, -0.2) is 13.4 Å². The third-order valence-corrected chi connectivity index (χ3v) is 2.84. The Hall–Kier alpha value is -2.30. The summed E-state index contributed by atoms with van der Waals surface area (Å²) in [5, 5.41) is 0. The van der Waals surface area contributed by atoms with Crippen LogP contribution in [0.4, 0.5) is 13.2 Å². The van der Waals surface area contributed by atoms with Crippen LogP contribution >= 0.6 is 0 Å². The van der Waals surface area contributed by atoms with Crippen LogP contribution in [0.1, 0.15) is 15.9 Å². The highest BCUT2D eigenvalue weighted by atomic mass is 19.4. The molecule has 0 amide bonds. The quantitative estimate of drug-likeness (QED) is 0.788. The lowest BCUT2D eigenvalue weighted by molar-refractivity contribution is -0.137. The fourth-order valence-electron chi connectivity index (χ4n) is 1.83. The van der Waals surface area contributed by atoms with Gasteiger partial charge in [-0.05, 0) is 41.5 Å². The van der Waals surface area contributed by atoms with Crippen molar-refractivity contribution in [3.8, 4) is 16.9 Å². The molecule has 0 saturated heterocycles. The number of methoxy groups -OCH3 is 1. The fourth-order valence-corrected chi connectivity index (χ4v) is 1.83. The van der Waals surface area contributed by atoms with Crippen molar-refractivity contribution in [1.82, 2.24) is 0 Å². The van der Waals surface area contributed by atoms with Gasteiger partial charge in [-0.15, -0.1) is 0 Å². The van der Waals surface area contributed by atoms with Crippen LogP contribution in [0.3, 0.4) is 0 Å². The minimum Gasteiger partial charge on any atom is -0.497 e. The monoisotopic (exact) mass is 280 g/mol. The first-order valence-electron chi connectivity index (χ1n) is 5.76. The number of halogens is 3. The van der Waals surface area contributed by atoms with E-state index >= 15 is 0 Å². The topological polar surface area (TPSA) is 26.3 Å². The third kappa shape index (κ3) is 2.99. The second-order valence-corrected chi connectivity index (χ2v) is 4.19. The maximum atomic E-state index is 12.8. The maximum absolute atomic E-state index is 12.8. The van der Waals surface area contributed by atoms with Crippen LogP contribution in [0.15, 0.2) is 42.5 Å². The summed E-state index contributed by atoms with van der Waals surface area (Å²) < 4.78 is 43.3. The van der Waals surface area contributed by atoms with E-state index < -0.39 is 11.7 Å². The summed E-state index contributed by atoms with van der Waals surface area (Å²) in [6, 6.07) is 9.86. The average molecular weight is 280 g/mol. The van der Waals surface area contributed by atoms with Gasteiger partial charge in [0.15, 0.2) is 0 Å². The second kappa shape index (κ2) is 5.36. The van der Waals surface area contributed by atoms with Crippen molar-refractivity contribution in [2.24, 2.45) is 0 Å². The number of rotatable bonds is 3. The van der Waals surface area contributed by atoms with E-state index in [1.54, 1.807) is 24.3 Å². The first kappa shape index (κ1) is 14.1. The Morgan fingerprint density at radius 2 is 1.65 bits per heavy atom. The molecule has 0 aliphatic rings. The second-order valence-electron chi connectivity index (χ2n) is 4.19. The van der Waals surface area contributed by atoms with Gasteiger partial charge in [0.05, 0.1) is 12.7 Å². The van der Waals surface area contributed by atoms with Gasteiger partial charge < -0.3 is 4.74 Å². The van der Waals surface area contributed by atoms with Gasteiger partial charge in [-0.3, -0.25) is 4.79 Å². The molecule has 104 valence electrons. The van der Waals surface area contributed by atoms with E-state index in [4.69, 9.17) is 4.74 Å². The maximum Gasteiger partial charge on any atom is 0.416 e. The molecular formula is C15H11F3O2. The zero-order valence-electron chi connectivity index (χ0n) is 10.6. The highest BCUT2D eigenvalue weighted by molar-refractivity contribution is 5.79. The van der Waals surface area contributed by atoms with Crippen molar-refractivity contribution in [3.63, 3.8) is 0 Å². The summed E-state index contributed by atoms with van der Waals surface area (Å²) in [6.07, 6.45) is -4.08. The molecule has 2 aromatic carbocycles. The number of alkyl halides is 3. The van der Waals surface area contributed by atoms with Gasteiger partial charge >= 0.3 is 6.18 Å². The van der Waals surface area contributed by atoms with Crippen LogP contribution in [-0.2, 0) is 6.18 Å². The SMILES string of the molecule is COc1ccc(-c2cc(C=O)cc(C(F)(F)F)c2)cc1. The number of hydrogen-bond acceptors (Lipinski definition) is 2. The zero-order valence-corrected chi connectivity index (χ0v) is 10.6. The molecule has 0 saturated carbocycles. The predicted octanol–water partition coefficient (Wildman–Crippen LogP) is 4.19. The number of benzene rings is 2.